The third-order valence-corrected chi connectivity index (χ3v) is 15.4. The summed E-state index contributed by atoms with van der Waals surface area (Å²) in [4.78, 5) is 16.2. The predicted octanol–water partition coefficient (Wildman–Crippen LogP) is 13.1. The number of hydrogen-bond donors (Lipinski definition) is 1. The number of halogens is 4. The van der Waals surface area contributed by atoms with Crippen LogP contribution in [0.1, 0.15) is 128 Å². The summed E-state index contributed by atoms with van der Waals surface area (Å²) >= 11 is 27.3. The van der Waals surface area contributed by atoms with Crippen LogP contribution in [0.25, 0.3) is 32.7 Å². The van der Waals surface area contributed by atoms with E-state index in [2.05, 4.69) is 10.3 Å². The molecule has 1 aliphatic heterocycles. The van der Waals surface area contributed by atoms with Crippen LogP contribution in [-0.4, -0.2) is 51.6 Å². The first-order valence-corrected chi connectivity index (χ1v) is 24.4. The van der Waals surface area contributed by atoms with Gasteiger partial charge in [-0.15, -0.1) is 11.3 Å². The first kappa shape index (κ1) is 44.4. The summed E-state index contributed by atoms with van der Waals surface area (Å²) in [7, 11) is 0. The van der Waals surface area contributed by atoms with E-state index in [4.69, 9.17) is 79.4 Å². The van der Waals surface area contributed by atoms with E-state index in [1.165, 1.54) is 11.3 Å². The van der Waals surface area contributed by atoms with Gasteiger partial charge in [0, 0.05) is 52.5 Å². The van der Waals surface area contributed by atoms with Gasteiger partial charge in [0.1, 0.15) is 39.3 Å². The van der Waals surface area contributed by atoms with Gasteiger partial charge in [-0.2, -0.15) is 0 Å². The lowest BCUT2D eigenvalue weighted by Crippen LogP contribution is -2.34. The highest BCUT2D eigenvalue weighted by molar-refractivity contribution is 7.18. The van der Waals surface area contributed by atoms with Crippen LogP contribution in [0.3, 0.4) is 0 Å². The molecule has 6 aromatic rings. The molecule has 64 heavy (non-hydrogen) atoms. The van der Waals surface area contributed by atoms with Crippen LogP contribution in [0.4, 0.5) is 0 Å². The van der Waals surface area contributed by atoms with E-state index in [-0.39, 0.29) is 18.5 Å². The number of carbonyl (C=O) groups excluding carboxylic acids is 1. The molecular weight excluding hydrogens is 920 g/mol. The number of Topliss-reactive ketones (excluding diaryl/α,β-unsaturated/α-hetero) is 1. The van der Waals surface area contributed by atoms with Gasteiger partial charge in [0.2, 0.25) is 0 Å². The largest absolute Gasteiger partial charge is 0.383 e. The Bertz CT molecular complexity index is 2590. The van der Waals surface area contributed by atoms with Gasteiger partial charge in [0.25, 0.3) is 0 Å². The summed E-state index contributed by atoms with van der Waals surface area (Å²) in [5, 5.41) is 23.2. The minimum Gasteiger partial charge on any atom is -0.383 e. The first-order chi connectivity index (χ1) is 31.1. The molecule has 0 bridgehead atoms. The Kier molecular flexibility index (Phi) is 13.2. The normalized spacial score (nSPS) is 22.0. The van der Waals surface area contributed by atoms with Crippen LogP contribution in [0.2, 0.25) is 20.1 Å². The Morgan fingerprint density at radius 2 is 1.16 bits per heavy atom. The maximum absolute atomic E-state index is 11.6. The van der Waals surface area contributed by atoms with E-state index >= 15 is 0 Å². The molecule has 11 rings (SSSR count). The number of ether oxygens (including phenoxy) is 4. The van der Waals surface area contributed by atoms with E-state index in [0.717, 1.165) is 94.8 Å². The van der Waals surface area contributed by atoms with Crippen molar-refractivity contribution in [3.05, 3.63) is 108 Å². The quantitative estimate of drug-likeness (QED) is 0.125. The number of benzene rings is 3. The van der Waals surface area contributed by atoms with Crippen LogP contribution in [0, 0.1) is 0 Å². The highest BCUT2D eigenvalue weighted by Crippen LogP contribution is 2.49. The number of thiazole rings is 1. The van der Waals surface area contributed by atoms with Crippen molar-refractivity contribution in [2.45, 2.75) is 126 Å². The second kappa shape index (κ2) is 19.1. The number of carbonyl (C=O) groups is 1. The number of ketones is 1. The smallest absolute Gasteiger partial charge is 0.185 e. The molecule has 16 heteroatoms. The molecule has 3 aromatic carbocycles. The van der Waals surface area contributed by atoms with Crippen molar-refractivity contribution in [3.63, 3.8) is 0 Å². The number of fused-ring (bicyclic) bond motifs is 1. The van der Waals surface area contributed by atoms with E-state index in [1.54, 1.807) is 24.3 Å². The van der Waals surface area contributed by atoms with Crippen LogP contribution >= 0.6 is 57.7 Å². The van der Waals surface area contributed by atoms with E-state index < -0.39 is 5.60 Å². The second-order valence-electron chi connectivity index (χ2n) is 17.4. The lowest BCUT2D eigenvalue weighted by atomic mass is 9.83. The van der Waals surface area contributed by atoms with Gasteiger partial charge in [-0.1, -0.05) is 81.0 Å². The molecule has 3 aromatic heterocycles. The highest BCUT2D eigenvalue weighted by atomic mass is 35.5. The van der Waals surface area contributed by atoms with Gasteiger partial charge in [0.15, 0.2) is 6.29 Å². The third-order valence-electron chi connectivity index (χ3n) is 12.8. The fraction of sp³-hybridized carbons (Fsp3) is 0.458. The van der Waals surface area contributed by atoms with Crippen molar-refractivity contribution in [1.82, 2.24) is 15.3 Å². The van der Waals surface area contributed by atoms with Gasteiger partial charge in [-0.3, -0.25) is 4.79 Å². The van der Waals surface area contributed by atoms with Crippen molar-refractivity contribution in [3.8, 4) is 22.5 Å². The van der Waals surface area contributed by atoms with Crippen molar-refractivity contribution in [2.75, 3.05) is 13.2 Å². The molecule has 4 heterocycles. The molecule has 4 saturated carbocycles. The molecule has 5 aliphatic rings. The Labute approximate surface area is 394 Å². The van der Waals surface area contributed by atoms with Gasteiger partial charge in [-0.25, -0.2) is 4.98 Å². The van der Waals surface area contributed by atoms with Crippen molar-refractivity contribution in [1.29, 1.82) is 0 Å². The minimum absolute atomic E-state index is 0.00650. The highest BCUT2D eigenvalue weighted by Gasteiger charge is 2.40. The molecule has 0 radical (unpaired) electrons. The van der Waals surface area contributed by atoms with Crippen molar-refractivity contribution < 1.29 is 37.9 Å². The monoisotopic (exact) mass is 965 g/mol. The third kappa shape index (κ3) is 9.43. The summed E-state index contributed by atoms with van der Waals surface area (Å²) in [6.07, 6.45) is 9.49. The summed E-state index contributed by atoms with van der Waals surface area (Å²) in [5.74, 6) is 2.86. The van der Waals surface area contributed by atoms with Gasteiger partial charge < -0.3 is 33.1 Å². The van der Waals surface area contributed by atoms with Gasteiger partial charge in [-0.05, 0) is 94.5 Å². The molecule has 1 saturated heterocycles. The average Bonchev–Trinajstić information content (AvgIpc) is 4.08. The maximum atomic E-state index is 11.6. The molecule has 1 N–H and O–H groups in total. The molecule has 336 valence electrons. The summed E-state index contributed by atoms with van der Waals surface area (Å²) < 4.78 is 36.4. The Balaban J connectivity index is 0.000000167. The van der Waals surface area contributed by atoms with Crippen LogP contribution < -0.4 is 0 Å². The van der Waals surface area contributed by atoms with Crippen LogP contribution in [0.15, 0.2) is 63.6 Å². The lowest BCUT2D eigenvalue weighted by Gasteiger charge is -2.34. The molecule has 11 nitrogen and oxygen atoms in total. The molecule has 4 aliphatic carbocycles. The maximum Gasteiger partial charge on any atom is 0.185 e. The zero-order chi connectivity index (χ0) is 44.0. The molecule has 5 fully saturated rings. The molecular formula is C48H47Cl4N3O8S. The van der Waals surface area contributed by atoms with Crippen molar-refractivity contribution >= 4 is 73.7 Å². The second-order valence-corrected chi connectivity index (χ2v) is 20.0. The Morgan fingerprint density at radius 1 is 0.672 bits per heavy atom. The summed E-state index contributed by atoms with van der Waals surface area (Å²) in [6, 6.07) is 16.8. The van der Waals surface area contributed by atoms with Crippen molar-refractivity contribution in [2.24, 2.45) is 0 Å². The number of hydrogen-bond acceptors (Lipinski definition) is 12. The number of rotatable bonds is 12. The van der Waals surface area contributed by atoms with Gasteiger partial charge in [0.05, 0.1) is 68.9 Å². The zero-order valence-electron chi connectivity index (χ0n) is 35.0. The van der Waals surface area contributed by atoms with Gasteiger partial charge >= 0.3 is 0 Å². The fourth-order valence-electron chi connectivity index (χ4n) is 8.92. The topological polar surface area (TPSA) is 139 Å². The molecule has 0 atom stereocenters. The average molecular weight is 968 g/mol. The molecule has 0 spiro atoms. The minimum atomic E-state index is -0.981. The fourth-order valence-corrected chi connectivity index (χ4v) is 11.3. The summed E-state index contributed by atoms with van der Waals surface area (Å²) in [6.45, 7) is 1.94. The molecule has 0 unspecified atom stereocenters. The van der Waals surface area contributed by atoms with E-state index in [1.807, 2.05) is 30.3 Å². The summed E-state index contributed by atoms with van der Waals surface area (Å²) in [5.41, 5.74) is 5.41. The van der Waals surface area contributed by atoms with E-state index in [0.29, 0.717) is 112 Å². The Morgan fingerprint density at radius 3 is 1.66 bits per heavy atom. The van der Waals surface area contributed by atoms with Crippen LogP contribution in [-0.2, 0) is 42.6 Å². The zero-order valence-corrected chi connectivity index (χ0v) is 38.8. The predicted molar refractivity (Wildman–Crippen MR) is 245 cm³/mol. The van der Waals surface area contributed by atoms with Crippen LogP contribution in [0.5, 0.6) is 0 Å². The lowest BCUT2D eigenvalue weighted by molar-refractivity contribution is -0.123. The van der Waals surface area contributed by atoms with E-state index in [9.17, 15) is 9.90 Å². The Hall–Kier alpha value is -3.40. The molecule has 0 amide bonds. The number of aromatic nitrogens is 3. The SMILES string of the molecule is O=C1CCC(OCc2c(-c3c(Cl)cccc3Cl)noc2C2CC2)CC1.OC1(c2nc3cccc(C4OCCO4)c3s2)CCC(OCc2c(-c3c(Cl)cccc3Cl)noc2C2CC2)CC1. The standard InChI is InChI=1S/C29H28Cl2N2O5S.C19H19Cl2NO3/c30-20-4-2-5-21(31)23(20)24-19(25(38-33-24)16-7-8-16)15-37-17-9-11-29(34,12-10-17)28-32-22-6-1-3-18(26(22)39-28)27-35-13-14-36-27;20-15-2-1-3-16(21)17(15)18-14(19(25-22-18)11-4-5-11)10-24-13-8-6-12(23)7-9-13/h1-6,16-17,27,34H,7-15H2;1-3,11,13H,4-10H2. The number of nitrogens with zero attached hydrogens (tertiary/aromatic N) is 3. The number of aliphatic hydroxyl groups is 1. The first-order valence-electron chi connectivity index (χ1n) is 22.1.